The molecule has 1 N–H and O–H groups in total. The topological polar surface area (TPSA) is 50.8 Å². The zero-order valence-electron chi connectivity index (χ0n) is 15.6. The highest BCUT2D eigenvalue weighted by Gasteiger charge is 2.29. The lowest BCUT2D eigenvalue weighted by atomic mass is 10.1. The molecule has 1 fully saturated rings. The average Bonchev–Trinajstić information content (AvgIpc) is 2.97. The molecular formula is C19H29ClN2O3. The predicted molar refractivity (Wildman–Crippen MR) is 100 cm³/mol. The number of amides is 1. The lowest BCUT2D eigenvalue weighted by Crippen LogP contribution is -2.36. The third-order valence-corrected chi connectivity index (χ3v) is 4.24. The van der Waals surface area contributed by atoms with Crippen LogP contribution in [0.2, 0.25) is 5.02 Å². The number of likely N-dealkylation sites (tertiary alicyclic amines) is 1. The summed E-state index contributed by atoms with van der Waals surface area (Å²) in [5.74, 6) is 1.29. The van der Waals surface area contributed by atoms with E-state index in [0.717, 1.165) is 37.4 Å². The minimum Gasteiger partial charge on any atom is -0.494 e. The molecule has 1 heterocycles. The van der Waals surface area contributed by atoms with Crippen molar-refractivity contribution >= 4 is 17.7 Å². The van der Waals surface area contributed by atoms with Gasteiger partial charge in [-0.3, -0.25) is 0 Å². The molecule has 1 aromatic rings. The van der Waals surface area contributed by atoms with Crippen LogP contribution in [0.1, 0.15) is 39.7 Å². The molecule has 1 aromatic carbocycles. The molecule has 0 radical (unpaired) electrons. The van der Waals surface area contributed by atoms with Gasteiger partial charge in [-0.25, -0.2) is 4.79 Å². The Balaban J connectivity index is 1.80. The largest absolute Gasteiger partial charge is 0.494 e. The number of hydrogen-bond acceptors (Lipinski definition) is 4. The molecule has 1 unspecified atom stereocenters. The van der Waals surface area contributed by atoms with Crippen LogP contribution >= 0.6 is 11.6 Å². The van der Waals surface area contributed by atoms with Gasteiger partial charge in [0.05, 0.1) is 6.61 Å². The second kappa shape index (κ2) is 8.77. The van der Waals surface area contributed by atoms with Crippen LogP contribution in [0.3, 0.4) is 0 Å². The molecule has 1 aliphatic rings. The van der Waals surface area contributed by atoms with E-state index < -0.39 is 5.60 Å². The van der Waals surface area contributed by atoms with Crippen LogP contribution in [0.4, 0.5) is 4.79 Å². The molecule has 2 rings (SSSR count). The first kappa shape index (κ1) is 19.9. The number of carbonyl (C=O) groups is 1. The Morgan fingerprint density at radius 1 is 1.40 bits per heavy atom. The highest BCUT2D eigenvalue weighted by molar-refractivity contribution is 6.30. The zero-order chi connectivity index (χ0) is 18.4. The number of carbonyl (C=O) groups excluding carboxylic acids is 1. The maximum atomic E-state index is 12.1. The van der Waals surface area contributed by atoms with Crippen molar-refractivity contribution in [1.29, 1.82) is 0 Å². The number of benzene rings is 1. The van der Waals surface area contributed by atoms with Crippen molar-refractivity contribution in [2.24, 2.45) is 5.92 Å². The molecule has 1 saturated heterocycles. The fourth-order valence-corrected chi connectivity index (χ4v) is 3.08. The molecule has 140 valence electrons. The maximum absolute atomic E-state index is 12.1. The average molecular weight is 369 g/mol. The summed E-state index contributed by atoms with van der Waals surface area (Å²) in [5, 5.41) is 4.17. The Hall–Kier alpha value is -1.46. The van der Waals surface area contributed by atoms with E-state index in [1.807, 2.05) is 45.9 Å². The van der Waals surface area contributed by atoms with Crippen molar-refractivity contribution in [3.05, 3.63) is 28.8 Å². The Labute approximate surface area is 155 Å². The number of ether oxygens (including phenoxy) is 2. The summed E-state index contributed by atoms with van der Waals surface area (Å²) in [6.45, 7) is 11.3. The molecule has 25 heavy (non-hydrogen) atoms. The number of nitrogens with one attached hydrogen (secondary N) is 1. The van der Waals surface area contributed by atoms with Gasteiger partial charge in [0.1, 0.15) is 11.4 Å². The van der Waals surface area contributed by atoms with E-state index in [4.69, 9.17) is 21.1 Å². The van der Waals surface area contributed by atoms with Gasteiger partial charge >= 0.3 is 6.09 Å². The molecule has 0 saturated carbocycles. The molecule has 1 atom stereocenters. The van der Waals surface area contributed by atoms with Gasteiger partial charge < -0.3 is 19.7 Å². The summed E-state index contributed by atoms with van der Waals surface area (Å²) in [4.78, 5) is 13.9. The minimum atomic E-state index is -0.449. The fraction of sp³-hybridized carbons (Fsp3) is 0.632. The highest BCUT2D eigenvalue weighted by Crippen LogP contribution is 2.23. The molecular weight excluding hydrogens is 340 g/mol. The van der Waals surface area contributed by atoms with Crippen LogP contribution in [0.15, 0.2) is 18.2 Å². The lowest BCUT2D eigenvalue weighted by molar-refractivity contribution is 0.0288. The SMILES string of the molecule is CCOc1ccc(Cl)cc1CNCC1CCN(C(=O)OC(C)(C)C)C1. The van der Waals surface area contributed by atoms with Crippen LogP contribution in [-0.2, 0) is 11.3 Å². The maximum Gasteiger partial charge on any atom is 0.410 e. The summed E-state index contributed by atoms with van der Waals surface area (Å²) in [7, 11) is 0. The molecule has 6 heteroatoms. The molecule has 0 spiro atoms. The standard InChI is InChI=1S/C19H29ClN2O3/c1-5-24-17-7-6-16(20)10-15(17)12-21-11-14-8-9-22(13-14)18(23)25-19(2,3)4/h6-7,10,14,21H,5,8-9,11-13H2,1-4H3. The fourth-order valence-electron chi connectivity index (χ4n) is 2.89. The number of hydrogen-bond donors (Lipinski definition) is 1. The van der Waals surface area contributed by atoms with E-state index in [1.54, 1.807) is 4.90 Å². The lowest BCUT2D eigenvalue weighted by Gasteiger charge is -2.24. The van der Waals surface area contributed by atoms with Crippen LogP contribution in [0.5, 0.6) is 5.75 Å². The first-order valence-corrected chi connectivity index (χ1v) is 9.26. The van der Waals surface area contributed by atoms with Crippen LogP contribution < -0.4 is 10.1 Å². The highest BCUT2D eigenvalue weighted by atomic mass is 35.5. The summed E-state index contributed by atoms with van der Waals surface area (Å²) >= 11 is 6.09. The van der Waals surface area contributed by atoms with Crippen molar-refractivity contribution in [1.82, 2.24) is 10.2 Å². The van der Waals surface area contributed by atoms with E-state index in [1.165, 1.54) is 0 Å². The van der Waals surface area contributed by atoms with Crippen molar-refractivity contribution in [2.75, 3.05) is 26.2 Å². The van der Waals surface area contributed by atoms with Crippen LogP contribution in [0, 0.1) is 5.92 Å². The van der Waals surface area contributed by atoms with Crippen LogP contribution in [-0.4, -0.2) is 42.8 Å². The van der Waals surface area contributed by atoms with Gasteiger partial charge in [0.15, 0.2) is 0 Å². The van der Waals surface area contributed by atoms with Gasteiger partial charge in [-0.1, -0.05) is 11.6 Å². The summed E-state index contributed by atoms with van der Waals surface area (Å²) in [5.41, 5.74) is 0.603. The predicted octanol–water partition coefficient (Wildman–Crippen LogP) is 4.09. The van der Waals surface area contributed by atoms with Crippen molar-refractivity contribution in [2.45, 2.75) is 46.3 Å². The monoisotopic (exact) mass is 368 g/mol. The molecule has 1 aliphatic heterocycles. The van der Waals surface area contributed by atoms with Gasteiger partial charge in [-0.05, 0) is 58.2 Å². The summed E-state index contributed by atoms with van der Waals surface area (Å²) < 4.78 is 11.1. The molecule has 0 aliphatic carbocycles. The Morgan fingerprint density at radius 2 is 2.16 bits per heavy atom. The van der Waals surface area contributed by atoms with Gasteiger partial charge in [0.25, 0.3) is 0 Å². The molecule has 0 aromatic heterocycles. The molecule has 5 nitrogen and oxygen atoms in total. The van der Waals surface area contributed by atoms with E-state index in [0.29, 0.717) is 24.1 Å². The van der Waals surface area contributed by atoms with E-state index >= 15 is 0 Å². The Bertz CT molecular complexity index is 587. The quantitative estimate of drug-likeness (QED) is 0.821. The van der Waals surface area contributed by atoms with Crippen molar-refractivity contribution < 1.29 is 14.3 Å². The first-order chi connectivity index (χ1) is 11.8. The second-order valence-electron chi connectivity index (χ2n) is 7.40. The smallest absolute Gasteiger partial charge is 0.410 e. The van der Waals surface area contributed by atoms with Gasteiger partial charge in [-0.15, -0.1) is 0 Å². The Kier molecular flexibility index (Phi) is 6.96. The van der Waals surface area contributed by atoms with E-state index in [9.17, 15) is 4.79 Å². The first-order valence-electron chi connectivity index (χ1n) is 8.88. The third kappa shape index (κ3) is 6.40. The molecule has 0 bridgehead atoms. The van der Waals surface area contributed by atoms with Gasteiger partial charge in [0, 0.05) is 36.8 Å². The molecule has 1 amide bonds. The zero-order valence-corrected chi connectivity index (χ0v) is 16.4. The van der Waals surface area contributed by atoms with Crippen LogP contribution in [0.25, 0.3) is 0 Å². The number of halogens is 1. The number of rotatable bonds is 6. The summed E-state index contributed by atoms with van der Waals surface area (Å²) in [6, 6.07) is 5.68. The van der Waals surface area contributed by atoms with Gasteiger partial charge in [0.2, 0.25) is 0 Å². The second-order valence-corrected chi connectivity index (χ2v) is 7.83. The van der Waals surface area contributed by atoms with E-state index in [2.05, 4.69) is 5.32 Å². The minimum absolute atomic E-state index is 0.219. The normalized spacial score (nSPS) is 17.6. The third-order valence-electron chi connectivity index (χ3n) is 4.01. The summed E-state index contributed by atoms with van der Waals surface area (Å²) in [6.07, 6.45) is 0.767. The van der Waals surface area contributed by atoms with Crippen molar-refractivity contribution in [3.8, 4) is 5.75 Å². The van der Waals surface area contributed by atoms with E-state index in [-0.39, 0.29) is 6.09 Å². The van der Waals surface area contributed by atoms with Crippen molar-refractivity contribution in [3.63, 3.8) is 0 Å². The van der Waals surface area contributed by atoms with Gasteiger partial charge in [-0.2, -0.15) is 0 Å². The Morgan fingerprint density at radius 3 is 2.84 bits per heavy atom. The number of nitrogens with zero attached hydrogens (tertiary/aromatic N) is 1.